The van der Waals surface area contributed by atoms with Crippen LogP contribution in [-0.2, 0) is 13.0 Å². The Morgan fingerprint density at radius 1 is 1.17 bits per heavy atom. The minimum atomic E-state index is 0.944. The van der Waals surface area contributed by atoms with Crippen LogP contribution in [0.1, 0.15) is 12.5 Å². The van der Waals surface area contributed by atoms with Crippen molar-refractivity contribution < 1.29 is 0 Å². The summed E-state index contributed by atoms with van der Waals surface area (Å²) < 4.78 is 3.33. The van der Waals surface area contributed by atoms with Crippen molar-refractivity contribution in [2.45, 2.75) is 19.9 Å². The third-order valence-corrected chi connectivity index (χ3v) is 5.64. The van der Waals surface area contributed by atoms with Crippen LogP contribution in [0, 0.1) is 0 Å². The molecule has 0 unspecified atom stereocenters. The highest BCUT2D eigenvalue weighted by Crippen LogP contribution is 2.28. The molecule has 24 heavy (non-hydrogen) atoms. The molecular formula is C18H23N5S. The maximum Gasteiger partial charge on any atom is 0.137 e. The highest BCUT2D eigenvalue weighted by Gasteiger charge is 2.19. The summed E-state index contributed by atoms with van der Waals surface area (Å²) in [5.74, 6) is 1.15. The molecule has 0 atom stereocenters. The van der Waals surface area contributed by atoms with E-state index in [-0.39, 0.29) is 0 Å². The second-order valence-corrected chi connectivity index (χ2v) is 7.20. The van der Waals surface area contributed by atoms with E-state index in [9.17, 15) is 0 Å². The molecule has 4 heterocycles. The van der Waals surface area contributed by atoms with Gasteiger partial charge in [0, 0.05) is 61.7 Å². The Balaban J connectivity index is 1.34. The highest BCUT2D eigenvalue weighted by atomic mass is 32.1. The fourth-order valence-corrected chi connectivity index (χ4v) is 4.09. The van der Waals surface area contributed by atoms with Crippen molar-refractivity contribution in [2.75, 3.05) is 37.6 Å². The normalized spacial score (nSPS) is 16.1. The first-order chi connectivity index (χ1) is 11.8. The van der Waals surface area contributed by atoms with Gasteiger partial charge >= 0.3 is 0 Å². The number of fused-ring (bicyclic) bond motifs is 1. The van der Waals surface area contributed by atoms with E-state index < -0.39 is 0 Å². The maximum atomic E-state index is 4.64. The monoisotopic (exact) mass is 341 g/mol. The highest BCUT2D eigenvalue weighted by molar-refractivity contribution is 7.17. The lowest BCUT2D eigenvalue weighted by Crippen LogP contribution is -2.47. The summed E-state index contributed by atoms with van der Waals surface area (Å²) in [6.07, 6.45) is 7.18. The van der Waals surface area contributed by atoms with Crippen molar-refractivity contribution in [3.63, 3.8) is 0 Å². The first-order valence-electron chi connectivity index (χ1n) is 8.64. The summed E-state index contributed by atoms with van der Waals surface area (Å²) in [5.41, 5.74) is 1.34. The number of rotatable bonds is 5. The number of hydrogen-bond acceptors (Lipinski definition) is 5. The molecule has 0 N–H and O–H groups in total. The molecule has 0 bridgehead atoms. The van der Waals surface area contributed by atoms with Crippen molar-refractivity contribution in [3.8, 4) is 0 Å². The average Bonchev–Trinajstić information content (AvgIpc) is 3.29. The number of aromatic nitrogens is 3. The molecule has 0 aliphatic carbocycles. The molecule has 3 aromatic rings. The molecule has 0 amide bonds. The fraction of sp³-hybridized carbons (Fsp3) is 0.444. The van der Waals surface area contributed by atoms with Gasteiger partial charge in [-0.25, -0.2) is 4.98 Å². The SMILES string of the molecule is CCn1cc(CCN2CCN(c3nccc4sccc34)CC2)cn1. The number of aryl methyl sites for hydroxylation is 1. The fourth-order valence-electron chi connectivity index (χ4n) is 3.31. The van der Waals surface area contributed by atoms with Crippen LogP contribution in [-0.4, -0.2) is 52.4 Å². The van der Waals surface area contributed by atoms with Gasteiger partial charge in [0.05, 0.1) is 6.20 Å². The summed E-state index contributed by atoms with van der Waals surface area (Å²) in [5, 5.41) is 7.81. The number of hydrogen-bond donors (Lipinski definition) is 0. The minimum Gasteiger partial charge on any atom is -0.354 e. The lowest BCUT2D eigenvalue weighted by atomic mass is 10.2. The van der Waals surface area contributed by atoms with Gasteiger partial charge in [-0.1, -0.05) is 0 Å². The van der Waals surface area contributed by atoms with Gasteiger partial charge in [-0.2, -0.15) is 5.10 Å². The standard InChI is InChI=1S/C18H23N5S/c1-2-23-14-15(13-20-23)4-7-21-8-10-22(11-9-21)18-16-5-12-24-17(16)3-6-19-18/h3,5-6,12-14H,2,4,7-11H2,1H3. The van der Waals surface area contributed by atoms with Crippen LogP contribution < -0.4 is 4.90 Å². The van der Waals surface area contributed by atoms with E-state index in [4.69, 9.17) is 0 Å². The van der Waals surface area contributed by atoms with Crippen LogP contribution >= 0.6 is 11.3 Å². The van der Waals surface area contributed by atoms with Crippen molar-refractivity contribution in [3.05, 3.63) is 41.7 Å². The van der Waals surface area contributed by atoms with Gasteiger partial charge in [0.2, 0.25) is 0 Å². The first-order valence-corrected chi connectivity index (χ1v) is 9.52. The van der Waals surface area contributed by atoms with Crippen molar-refractivity contribution >= 4 is 27.2 Å². The molecule has 1 aliphatic rings. The first kappa shape index (κ1) is 15.6. The predicted octanol–water partition coefficient (Wildman–Crippen LogP) is 2.88. The van der Waals surface area contributed by atoms with Gasteiger partial charge < -0.3 is 4.90 Å². The molecule has 0 spiro atoms. The van der Waals surface area contributed by atoms with Crippen LogP contribution in [0.3, 0.4) is 0 Å². The van der Waals surface area contributed by atoms with Crippen molar-refractivity contribution in [1.29, 1.82) is 0 Å². The zero-order chi connectivity index (χ0) is 16.4. The van der Waals surface area contributed by atoms with E-state index in [1.807, 2.05) is 17.1 Å². The minimum absolute atomic E-state index is 0.944. The second-order valence-electron chi connectivity index (χ2n) is 6.25. The van der Waals surface area contributed by atoms with Crippen molar-refractivity contribution in [2.24, 2.45) is 0 Å². The largest absolute Gasteiger partial charge is 0.354 e. The third kappa shape index (κ3) is 3.16. The number of thiophene rings is 1. The lowest BCUT2D eigenvalue weighted by molar-refractivity contribution is 0.260. The number of anilines is 1. The van der Waals surface area contributed by atoms with Crippen LogP contribution in [0.5, 0.6) is 0 Å². The van der Waals surface area contributed by atoms with E-state index in [0.29, 0.717) is 0 Å². The summed E-state index contributed by atoms with van der Waals surface area (Å²) in [4.78, 5) is 9.62. The van der Waals surface area contributed by atoms with Gasteiger partial charge in [0.25, 0.3) is 0 Å². The van der Waals surface area contributed by atoms with E-state index in [1.54, 1.807) is 11.3 Å². The molecule has 3 aromatic heterocycles. The van der Waals surface area contributed by atoms with E-state index in [1.165, 1.54) is 15.6 Å². The van der Waals surface area contributed by atoms with Crippen LogP contribution in [0.15, 0.2) is 36.1 Å². The van der Waals surface area contributed by atoms with Gasteiger partial charge in [0.15, 0.2) is 0 Å². The number of piperazine rings is 1. The summed E-state index contributed by atoms with van der Waals surface area (Å²) in [6.45, 7) is 8.48. The van der Waals surface area contributed by atoms with E-state index in [2.05, 4.69) is 50.5 Å². The van der Waals surface area contributed by atoms with E-state index >= 15 is 0 Å². The molecule has 0 radical (unpaired) electrons. The Morgan fingerprint density at radius 3 is 2.83 bits per heavy atom. The maximum absolute atomic E-state index is 4.64. The van der Waals surface area contributed by atoms with Gasteiger partial charge in [0.1, 0.15) is 5.82 Å². The molecular weight excluding hydrogens is 318 g/mol. The molecule has 1 fully saturated rings. The summed E-state index contributed by atoms with van der Waals surface area (Å²) >= 11 is 1.79. The van der Waals surface area contributed by atoms with Crippen LogP contribution in [0.25, 0.3) is 10.1 Å². The van der Waals surface area contributed by atoms with Gasteiger partial charge in [-0.3, -0.25) is 9.58 Å². The Hall–Kier alpha value is -1.92. The molecule has 0 aromatic carbocycles. The van der Waals surface area contributed by atoms with E-state index in [0.717, 1.165) is 51.5 Å². The Labute approximate surface area is 146 Å². The molecule has 4 rings (SSSR count). The molecule has 5 nitrogen and oxygen atoms in total. The lowest BCUT2D eigenvalue weighted by Gasteiger charge is -2.35. The molecule has 1 aliphatic heterocycles. The molecule has 6 heteroatoms. The zero-order valence-electron chi connectivity index (χ0n) is 14.1. The Bertz CT molecular complexity index is 800. The molecule has 126 valence electrons. The predicted molar refractivity (Wildman–Crippen MR) is 99.9 cm³/mol. The smallest absolute Gasteiger partial charge is 0.137 e. The zero-order valence-corrected chi connectivity index (χ0v) is 14.9. The van der Waals surface area contributed by atoms with Gasteiger partial charge in [-0.05, 0) is 36.4 Å². The van der Waals surface area contributed by atoms with Gasteiger partial charge in [-0.15, -0.1) is 11.3 Å². The third-order valence-electron chi connectivity index (χ3n) is 4.76. The Morgan fingerprint density at radius 2 is 2.04 bits per heavy atom. The second kappa shape index (κ2) is 6.91. The topological polar surface area (TPSA) is 37.2 Å². The quantitative estimate of drug-likeness (QED) is 0.715. The average molecular weight is 341 g/mol. The summed E-state index contributed by atoms with van der Waals surface area (Å²) in [7, 11) is 0. The van der Waals surface area contributed by atoms with Crippen molar-refractivity contribution in [1.82, 2.24) is 19.7 Å². The van der Waals surface area contributed by atoms with Crippen LogP contribution in [0.4, 0.5) is 5.82 Å². The molecule has 0 saturated carbocycles. The van der Waals surface area contributed by atoms with Crippen LogP contribution in [0.2, 0.25) is 0 Å². The number of pyridine rings is 1. The summed E-state index contributed by atoms with van der Waals surface area (Å²) in [6, 6.07) is 4.30. The number of nitrogens with zero attached hydrogens (tertiary/aromatic N) is 5. The Kier molecular flexibility index (Phi) is 4.49. The molecule has 1 saturated heterocycles.